The van der Waals surface area contributed by atoms with Gasteiger partial charge in [0.25, 0.3) is 5.91 Å². The zero-order valence-corrected chi connectivity index (χ0v) is 12.0. The van der Waals surface area contributed by atoms with Gasteiger partial charge in [-0.2, -0.15) is 0 Å². The molecule has 0 N–H and O–H groups in total. The van der Waals surface area contributed by atoms with Crippen molar-refractivity contribution in [1.29, 1.82) is 0 Å². The first-order valence-electron chi connectivity index (χ1n) is 5.64. The number of nitrogens with zero attached hydrogens (tertiary/aromatic N) is 1. The Hall–Kier alpha value is -0.350. The highest BCUT2D eigenvalue weighted by Crippen LogP contribution is 2.28. The number of hydrogen-bond donors (Lipinski definition) is 0. The molecule has 0 aliphatic carbocycles. The van der Waals surface area contributed by atoms with Crippen LogP contribution >= 0.6 is 27.3 Å². The molecule has 4 heteroatoms. The highest BCUT2D eigenvalue weighted by molar-refractivity contribution is 9.11. The van der Waals surface area contributed by atoms with Gasteiger partial charge >= 0.3 is 0 Å². The van der Waals surface area contributed by atoms with Gasteiger partial charge in [0.1, 0.15) is 0 Å². The van der Waals surface area contributed by atoms with Crippen molar-refractivity contribution in [2.45, 2.75) is 32.7 Å². The van der Waals surface area contributed by atoms with Crippen LogP contribution in [0.5, 0.6) is 0 Å². The second kappa shape index (κ2) is 4.88. The minimum Gasteiger partial charge on any atom is -0.335 e. The third-order valence-electron chi connectivity index (χ3n) is 3.14. The normalized spacial score (nSPS) is 20.8. The average Bonchev–Trinajstić information content (AvgIpc) is 2.84. The van der Waals surface area contributed by atoms with Crippen molar-refractivity contribution in [1.82, 2.24) is 4.90 Å². The van der Waals surface area contributed by atoms with Crippen molar-refractivity contribution in [2.24, 2.45) is 5.92 Å². The van der Waals surface area contributed by atoms with E-state index < -0.39 is 0 Å². The summed E-state index contributed by atoms with van der Waals surface area (Å²) in [6, 6.07) is 2.34. The third kappa shape index (κ3) is 2.33. The molecule has 1 atom stereocenters. The topological polar surface area (TPSA) is 20.3 Å². The van der Waals surface area contributed by atoms with Gasteiger partial charge in [0.15, 0.2) is 0 Å². The molecule has 0 saturated carbocycles. The van der Waals surface area contributed by atoms with E-state index in [-0.39, 0.29) is 5.91 Å². The molecule has 1 saturated heterocycles. The first kappa shape index (κ1) is 12.1. The van der Waals surface area contributed by atoms with E-state index in [1.807, 2.05) is 16.3 Å². The van der Waals surface area contributed by atoms with Crippen LogP contribution in [0.2, 0.25) is 0 Å². The van der Waals surface area contributed by atoms with Gasteiger partial charge in [-0.05, 0) is 40.8 Å². The van der Waals surface area contributed by atoms with Gasteiger partial charge in [-0.15, -0.1) is 11.3 Å². The number of carbonyl (C=O) groups is 1. The summed E-state index contributed by atoms with van der Waals surface area (Å²) in [6.45, 7) is 5.30. The lowest BCUT2D eigenvalue weighted by atomic mass is 10.0. The van der Waals surface area contributed by atoms with Crippen LogP contribution in [0.25, 0.3) is 0 Å². The van der Waals surface area contributed by atoms with Crippen molar-refractivity contribution in [3.63, 3.8) is 0 Å². The minimum atomic E-state index is 0.193. The molecule has 1 unspecified atom stereocenters. The van der Waals surface area contributed by atoms with E-state index in [2.05, 4.69) is 29.8 Å². The van der Waals surface area contributed by atoms with Gasteiger partial charge < -0.3 is 4.90 Å². The van der Waals surface area contributed by atoms with Gasteiger partial charge in [-0.3, -0.25) is 4.79 Å². The number of thiophene rings is 1. The van der Waals surface area contributed by atoms with Crippen LogP contribution in [0.1, 0.15) is 37.0 Å². The number of amides is 1. The van der Waals surface area contributed by atoms with Crippen LogP contribution in [-0.2, 0) is 0 Å². The molecule has 0 radical (unpaired) electrons. The lowest BCUT2D eigenvalue weighted by Gasteiger charge is -2.27. The molecular formula is C12H16BrNOS. The maximum Gasteiger partial charge on any atom is 0.254 e. The van der Waals surface area contributed by atoms with Crippen LogP contribution in [0.4, 0.5) is 0 Å². The average molecular weight is 302 g/mol. The lowest BCUT2D eigenvalue weighted by Crippen LogP contribution is -2.38. The molecule has 0 bridgehead atoms. The van der Waals surface area contributed by atoms with Gasteiger partial charge in [0.05, 0.1) is 9.35 Å². The Morgan fingerprint density at radius 1 is 1.62 bits per heavy atom. The Kier molecular flexibility index (Phi) is 3.70. The summed E-state index contributed by atoms with van der Waals surface area (Å²) < 4.78 is 1.02. The largest absolute Gasteiger partial charge is 0.335 e. The van der Waals surface area contributed by atoms with E-state index >= 15 is 0 Å². The number of hydrogen-bond acceptors (Lipinski definition) is 2. The van der Waals surface area contributed by atoms with Gasteiger partial charge in [0.2, 0.25) is 0 Å². The highest BCUT2D eigenvalue weighted by atomic mass is 79.9. The van der Waals surface area contributed by atoms with Crippen LogP contribution < -0.4 is 0 Å². The van der Waals surface area contributed by atoms with Crippen LogP contribution in [0, 0.1) is 5.92 Å². The summed E-state index contributed by atoms with van der Waals surface area (Å²) in [6.07, 6.45) is 2.29. The zero-order valence-electron chi connectivity index (χ0n) is 9.57. The summed E-state index contributed by atoms with van der Waals surface area (Å²) in [5, 5.41) is 1.93. The van der Waals surface area contributed by atoms with Crippen molar-refractivity contribution >= 4 is 33.2 Å². The molecule has 1 amide bonds. The second-order valence-electron chi connectivity index (χ2n) is 4.59. The van der Waals surface area contributed by atoms with E-state index in [4.69, 9.17) is 0 Å². The quantitative estimate of drug-likeness (QED) is 0.814. The van der Waals surface area contributed by atoms with Crippen LogP contribution in [0.15, 0.2) is 15.2 Å². The number of carbonyl (C=O) groups excluding carboxylic acids is 1. The van der Waals surface area contributed by atoms with Crippen molar-refractivity contribution in [2.75, 3.05) is 6.54 Å². The summed E-state index contributed by atoms with van der Waals surface area (Å²) in [4.78, 5) is 14.3. The maximum atomic E-state index is 12.3. The molecule has 1 aliphatic rings. The van der Waals surface area contributed by atoms with E-state index in [9.17, 15) is 4.79 Å². The number of likely N-dealkylation sites (tertiary alicyclic amines) is 1. The molecule has 1 aromatic heterocycles. The van der Waals surface area contributed by atoms with Gasteiger partial charge in [-0.25, -0.2) is 0 Å². The monoisotopic (exact) mass is 301 g/mol. The lowest BCUT2D eigenvalue weighted by molar-refractivity contribution is 0.0702. The number of halogens is 1. The Labute approximate surface area is 109 Å². The predicted molar refractivity (Wildman–Crippen MR) is 70.9 cm³/mol. The summed E-state index contributed by atoms with van der Waals surface area (Å²) >= 11 is 4.97. The van der Waals surface area contributed by atoms with Gasteiger partial charge in [0, 0.05) is 18.0 Å². The Bertz CT molecular complexity index is 388. The minimum absolute atomic E-state index is 0.193. The highest BCUT2D eigenvalue weighted by Gasteiger charge is 2.31. The molecule has 2 heterocycles. The maximum absolute atomic E-state index is 12.3. The summed E-state index contributed by atoms with van der Waals surface area (Å²) in [5.74, 6) is 0.742. The fourth-order valence-electron chi connectivity index (χ4n) is 2.33. The second-order valence-corrected chi connectivity index (χ2v) is 6.88. The van der Waals surface area contributed by atoms with Crippen molar-refractivity contribution in [3.05, 3.63) is 20.8 Å². The van der Waals surface area contributed by atoms with Gasteiger partial charge in [-0.1, -0.05) is 13.8 Å². The van der Waals surface area contributed by atoms with E-state index in [1.165, 1.54) is 0 Å². The van der Waals surface area contributed by atoms with Crippen LogP contribution in [-0.4, -0.2) is 23.4 Å². The summed E-state index contributed by atoms with van der Waals surface area (Å²) in [7, 11) is 0. The van der Waals surface area contributed by atoms with Crippen molar-refractivity contribution < 1.29 is 4.79 Å². The smallest absolute Gasteiger partial charge is 0.254 e. The van der Waals surface area contributed by atoms with E-state index in [1.54, 1.807) is 11.3 Å². The molecular weight excluding hydrogens is 286 g/mol. The molecule has 88 valence electrons. The standard InChI is InChI=1S/C12H16BrNOS/c1-8(2)10-4-3-5-14(10)12(15)9-6-11(13)16-7-9/h6-8,10H,3-5H2,1-2H3. The van der Waals surface area contributed by atoms with E-state index in [0.29, 0.717) is 12.0 Å². The summed E-state index contributed by atoms with van der Waals surface area (Å²) in [5.41, 5.74) is 0.824. The molecule has 16 heavy (non-hydrogen) atoms. The van der Waals surface area contributed by atoms with Crippen LogP contribution in [0.3, 0.4) is 0 Å². The fraction of sp³-hybridized carbons (Fsp3) is 0.583. The Morgan fingerprint density at radius 3 is 2.94 bits per heavy atom. The fourth-order valence-corrected chi connectivity index (χ4v) is 3.46. The number of rotatable bonds is 2. The van der Waals surface area contributed by atoms with Crippen molar-refractivity contribution in [3.8, 4) is 0 Å². The first-order chi connectivity index (χ1) is 7.59. The Balaban J connectivity index is 2.15. The zero-order chi connectivity index (χ0) is 11.7. The SMILES string of the molecule is CC(C)C1CCCN1C(=O)c1csc(Br)c1. The molecule has 0 spiro atoms. The molecule has 1 aliphatic heterocycles. The first-order valence-corrected chi connectivity index (χ1v) is 7.32. The molecule has 1 fully saturated rings. The molecule has 1 aromatic rings. The Morgan fingerprint density at radius 2 is 2.38 bits per heavy atom. The molecule has 0 aromatic carbocycles. The molecule has 2 nitrogen and oxygen atoms in total. The van der Waals surface area contributed by atoms with E-state index in [0.717, 1.165) is 28.7 Å². The predicted octanol–water partition coefficient (Wildman–Crippen LogP) is 3.77. The molecule has 2 rings (SSSR count). The third-order valence-corrected chi connectivity index (χ3v) is 4.65.